The molecule has 2 N–H and O–H groups in total. The minimum absolute atomic E-state index is 0.0410. The fourth-order valence-corrected chi connectivity index (χ4v) is 5.91. The van der Waals surface area contributed by atoms with E-state index < -0.39 is 46.9 Å². The van der Waals surface area contributed by atoms with Crippen LogP contribution in [0.2, 0.25) is 0 Å². The molecule has 0 aliphatic heterocycles. The first-order valence-corrected chi connectivity index (χ1v) is 11.5. The van der Waals surface area contributed by atoms with E-state index in [4.69, 9.17) is 0 Å². The van der Waals surface area contributed by atoms with Gasteiger partial charge >= 0.3 is 18.1 Å². The third kappa shape index (κ3) is 4.76. The number of benzene rings is 1. The van der Waals surface area contributed by atoms with Gasteiger partial charge in [0.05, 0.1) is 35.5 Å². The number of hydrogen-bond donors (Lipinski definition) is 2. The number of methoxy groups -OCH3 is 2. The van der Waals surface area contributed by atoms with Crippen molar-refractivity contribution in [1.29, 1.82) is 0 Å². The molecule has 0 aliphatic rings. The van der Waals surface area contributed by atoms with E-state index >= 15 is 0 Å². The highest BCUT2D eigenvalue weighted by Gasteiger charge is 2.38. The molecule has 186 valence electrons. The molecule has 2 heterocycles. The topological polar surface area (TPSA) is 110 Å². The number of carbonyl (C=O) groups excluding carboxylic acids is 3. The molecule has 0 radical (unpaired) electrons. The van der Waals surface area contributed by atoms with Crippen LogP contribution in [0.25, 0.3) is 0 Å². The van der Waals surface area contributed by atoms with Crippen molar-refractivity contribution in [3.05, 3.63) is 66.0 Å². The second-order valence-corrected chi connectivity index (χ2v) is 9.86. The Morgan fingerprint density at radius 2 is 1.23 bits per heavy atom. The number of alkyl halides is 3. The van der Waals surface area contributed by atoms with Gasteiger partial charge in [-0.05, 0) is 26.0 Å². The lowest BCUT2D eigenvalue weighted by atomic mass is 9.92. The maximum Gasteiger partial charge on any atom is 0.416 e. The highest BCUT2D eigenvalue weighted by atomic mass is 32.1. The number of esters is 2. The number of hydrogen-bond acceptors (Lipinski definition) is 9. The zero-order valence-electron chi connectivity index (χ0n) is 18.8. The summed E-state index contributed by atoms with van der Waals surface area (Å²) in [4.78, 5) is 38.5. The van der Waals surface area contributed by atoms with Crippen LogP contribution in [-0.4, -0.2) is 42.2 Å². The maximum absolute atomic E-state index is 13.6. The van der Waals surface area contributed by atoms with Gasteiger partial charge in [-0.15, -0.1) is 22.7 Å². The van der Waals surface area contributed by atoms with Crippen molar-refractivity contribution in [2.75, 3.05) is 14.2 Å². The van der Waals surface area contributed by atoms with Gasteiger partial charge in [0, 0.05) is 15.3 Å². The van der Waals surface area contributed by atoms with Crippen LogP contribution in [0.3, 0.4) is 0 Å². The number of halogens is 3. The molecule has 7 nitrogen and oxygen atoms in total. The smallest absolute Gasteiger partial charge is 0.416 e. The summed E-state index contributed by atoms with van der Waals surface area (Å²) in [5, 5.41) is 21.7. The van der Waals surface area contributed by atoms with Gasteiger partial charge in [0.15, 0.2) is 5.78 Å². The van der Waals surface area contributed by atoms with Crippen molar-refractivity contribution >= 4 is 40.4 Å². The average Bonchev–Trinajstić information content (AvgIpc) is 3.26. The molecule has 0 aliphatic carbocycles. The maximum atomic E-state index is 13.6. The second kappa shape index (κ2) is 9.70. The first kappa shape index (κ1) is 26.2. The van der Waals surface area contributed by atoms with Gasteiger partial charge in [-0.25, -0.2) is 9.59 Å². The molecule has 0 spiro atoms. The number of rotatable bonds is 6. The van der Waals surface area contributed by atoms with Gasteiger partial charge in [-0.1, -0.05) is 12.1 Å². The molecule has 3 rings (SSSR count). The van der Waals surface area contributed by atoms with E-state index in [1.165, 1.54) is 13.8 Å². The number of aromatic hydroxyl groups is 2. The summed E-state index contributed by atoms with van der Waals surface area (Å²) >= 11 is 1.77. The van der Waals surface area contributed by atoms with Crippen LogP contribution in [0.5, 0.6) is 11.5 Å². The largest absolute Gasteiger partial charge is 0.506 e. The fourth-order valence-electron chi connectivity index (χ4n) is 3.53. The summed E-state index contributed by atoms with van der Waals surface area (Å²) in [6.07, 6.45) is -4.61. The lowest BCUT2D eigenvalue weighted by Gasteiger charge is -2.15. The van der Waals surface area contributed by atoms with Crippen LogP contribution in [-0.2, 0) is 15.7 Å². The first-order valence-electron chi connectivity index (χ1n) is 9.86. The molecule has 0 bridgehead atoms. The van der Waals surface area contributed by atoms with Crippen molar-refractivity contribution in [3.63, 3.8) is 0 Å². The predicted molar refractivity (Wildman–Crippen MR) is 122 cm³/mol. The SMILES string of the molecule is COC(=O)c1c(C)sc(C(C(=O)c2ccc(C(F)(F)F)cc2)c2sc(C)c(C(=O)OC)c2O)c1O. The zero-order valence-corrected chi connectivity index (χ0v) is 20.4. The molecular weight excluding hydrogens is 509 g/mol. The van der Waals surface area contributed by atoms with Crippen molar-refractivity contribution in [2.24, 2.45) is 0 Å². The zero-order chi connectivity index (χ0) is 26.2. The molecule has 0 unspecified atom stereocenters. The predicted octanol–water partition coefficient (Wildman–Crippen LogP) is 5.44. The van der Waals surface area contributed by atoms with Gasteiger partial charge in [-0.2, -0.15) is 13.2 Å². The molecule has 0 amide bonds. The third-order valence-corrected chi connectivity index (χ3v) is 7.55. The Morgan fingerprint density at radius 1 is 0.829 bits per heavy atom. The molecule has 0 saturated heterocycles. The van der Waals surface area contributed by atoms with Crippen molar-refractivity contribution in [2.45, 2.75) is 25.9 Å². The Balaban J connectivity index is 2.25. The highest BCUT2D eigenvalue weighted by molar-refractivity contribution is 7.14. The number of ketones is 1. The summed E-state index contributed by atoms with van der Waals surface area (Å²) in [5.74, 6) is -5.03. The Bertz CT molecular complexity index is 1240. The van der Waals surface area contributed by atoms with E-state index in [0.717, 1.165) is 61.2 Å². The molecule has 12 heteroatoms. The minimum atomic E-state index is -4.61. The molecule has 2 aromatic heterocycles. The average molecular weight is 529 g/mol. The molecule has 0 fully saturated rings. The molecule has 3 aromatic rings. The van der Waals surface area contributed by atoms with Crippen LogP contribution < -0.4 is 0 Å². The van der Waals surface area contributed by atoms with Crippen LogP contribution in [0.15, 0.2) is 24.3 Å². The van der Waals surface area contributed by atoms with Crippen molar-refractivity contribution in [1.82, 2.24) is 0 Å². The van der Waals surface area contributed by atoms with E-state index in [1.54, 1.807) is 0 Å². The number of thiophene rings is 2. The second-order valence-electron chi connectivity index (χ2n) is 7.35. The lowest BCUT2D eigenvalue weighted by molar-refractivity contribution is -0.137. The van der Waals surface area contributed by atoms with E-state index in [-0.39, 0.29) is 26.4 Å². The Kier molecular flexibility index (Phi) is 7.27. The Morgan fingerprint density at radius 3 is 1.57 bits per heavy atom. The van der Waals surface area contributed by atoms with E-state index in [0.29, 0.717) is 9.75 Å². The molecule has 0 atom stereocenters. The highest BCUT2D eigenvalue weighted by Crippen LogP contribution is 2.49. The fraction of sp³-hybridized carbons (Fsp3) is 0.261. The Hall–Kier alpha value is -3.38. The quantitative estimate of drug-likeness (QED) is 0.324. The monoisotopic (exact) mass is 528 g/mol. The minimum Gasteiger partial charge on any atom is -0.506 e. The first-order chi connectivity index (χ1) is 16.3. The standard InChI is InChI=1S/C23H19F3O7S2/c1-9-13(21(30)32-3)17(28)19(34-9)15(20-18(29)14(10(2)35-20)22(31)33-4)16(27)11-5-7-12(8-6-11)23(24,25)26/h5-8,15,28-29H,1-4H3. The number of aryl methyl sites for hydroxylation is 2. The van der Waals surface area contributed by atoms with Gasteiger partial charge in [0.2, 0.25) is 0 Å². The summed E-state index contributed by atoms with van der Waals surface area (Å²) < 4.78 is 48.4. The van der Waals surface area contributed by atoms with E-state index in [1.807, 2.05) is 0 Å². The molecule has 0 saturated carbocycles. The van der Waals surface area contributed by atoms with Crippen molar-refractivity contribution in [3.8, 4) is 11.5 Å². The lowest BCUT2D eigenvalue weighted by Crippen LogP contribution is -2.14. The number of Topliss-reactive ketones (excluding diaryl/α,β-unsaturated/α-hetero) is 1. The number of ether oxygens (including phenoxy) is 2. The van der Waals surface area contributed by atoms with E-state index in [9.17, 15) is 37.8 Å². The van der Waals surface area contributed by atoms with Gasteiger partial charge < -0.3 is 19.7 Å². The van der Waals surface area contributed by atoms with Crippen LogP contribution >= 0.6 is 22.7 Å². The summed E-state index contributed by atoms with van der Waals surface area (Å²) in [6.45, 7) is 3.03. The van der Waals surface area contributed by atoms with Gasteiger partial charge in [0.25, 0.3) is 0 Å². The normalized spacial score (nSPS) is 11.5. The van der Waals surface area contributed by atoms with Crippen LogP contribution in [0.1, 0.15) is 62.1 Å². The molecule has 35 heavy (non-hydrogen) atoms. The summed E-state index contributed by atoms with van der Waals surface area (Å²) in [5.41, 5.74) is -1.47. The van der Waals surface area contributed by atoms with Crippen LogP contribution in [0.4, 0.5) is 13.2 Å². The van der Waals surface area contributed by atoms with Crippen LogP contribution in [0, 0.1) is 13.8 Å². The third-order valence-electron chi connectivity index (χ3n) is 5.23. The summed E-state index contributed by atoms with van der Waals surface area (Å²) in [6, 6.07) is 3.44. The van der Waals surface area contributed by atoms with E-state index in [2.05, 4.69) is 9.47 Å². The van der Waals surface area contributed by atoms with Gasteiger partial charge in [-0.3, -0.25) is 4.79 Å². The molecular formula is C23H19F3O7S2. The van der Waals surface area contributed by atoms with Crippen molar-refractivity contribution < 1.29 is 47.2 Å². The Labute approximate surface area is 205 Å². The summed E-state index contributed by atoms with van der Waals surface area (Å²) in [7, 11) is 2.22. The number of carbonyl (C=O) groups is 3. The van der Waals surface area contributed by atoms with Gasteiger partial charge in [0.1, 0.15) is 22.6 Å². The molecule has 1 aromatic carbocycles.